The van der Waals surface area contributed by atoms with E-state index in [0.29, 0.717) is 10.9 Å². The van der Waals surface area contributed by atoms with E-state index in [9.17, 15) is 0 Å². The second kappa shape index (κ2) is 4.73. The molecule has 1 saturated heterocycles. The van der Waals surface area contributed by atoms with Crippen LogP contribution in [-0.4, -0.2) is 26.7 Å². The summed E-state index contributed by atoms with van der Waals surface area (Å²) < 4.78 is 4.14. The van der Waals surface area contributed by atoms with Crippen molar-refractivity contribution in [1.82, 2.24) is 9.27 Å². The molecule has 0 aliphatic carbocycles. The van der Waals surface area contributed by atoms with E-state index in [0.717, 1.165) is 6.54 Å². The molecular weight excluding hydrogens is 260 g/mol. The van der Waals surface area contributed by atoms with E-state index in [-0.39, 0.29) is 0 Å². The summed E-state index contributed by atoms with van der Waals surface area (Å²) in [5.41, 5.74) is 0. The first-order valence-corrected chi connectivity index (χ1v) is 6.74. The van der Waals surface area contributed by atoms with Gasteiger partial charge in [-0.05, 0) is 43.9 Å². The van der Waals surface area contributed by atoms with Crippen molar-refractivity contribution in [3.63, 3.8) is 0 Å². The van der Waals surface area contributed by atoms with Crippen molar-refractivity contribution in [2.45, 2.75) is 37.2 Å². The molecule has 1 aliphatic rings. The maximum Gasteiger partial charge on any atom is 0.0410 e. The van der Waals surface area contributed by atoms with Gasteiger partial charge in [0.25, 0.3) is 0 Å². The molecule has 0 N–H and O–H groups in total. The van der Waals surface area contributed by atoms with Crippen molar-refractivity contribution in [2.75, 3.05) is 6.54 Å². The Morgan fingerprint density at radius 2 is 2.57 bits per heavy atom. The molecule has 1 aromatic rings. The van der Waals surface area contributed by atoms with Crippen molar-refractivity contribution >= 4 is 27.5 Å². The number of rotatable bonds is 2. The van der Waals surface area contributed by atoms with Crippen LogP contribution in [0, 0.1) is 0 Å². The molecule has 2 rings (SSSR count). The standard InChI is InChI=1S/C10H15BrN2S/c1-8-10(11)3-2-6-13(8)7-9-4-5-12-14-9/h4-5,8,10H,2-3,6-7H2,1H3. The Hall–Kier alpha value is 0.0700. The van der Waals surface area contributed by atoms with E-state index in [2.05, 4.69) is 38.2 Å². The van der Waals surface area contributed by atoms with E-state index in [1.807, 2.05) is 6.20 Å². The molecule has 0 bridgehead atoms. The molecule has 4 heteroatoms. The Labute approximate surface area is 97.6 Å². The lowest BCUT2D eigenvalue weighted by atomic mass is 10.0. The highest BCUT2D eigenvalue weighted by molar-refractivity contribution is 9.09. The number of alkyl halides is 1. The molecule has 78 valence electrons. The zero-order valence-electron chi connectivity index (χ0n) is 8.32. The van der Waals surface area contributed by atoms with Crippen molar-refractivity contribution in [3.8, 4) is 0 Å². The van der Waals surface area contributed by atoms with Crippen molar-refractivity contribution in [1.29, 1.82) is 0 Å². The Kier molecular flexibility index (Phi) is 3.57. The summed E-state index contributed by atoms with van der Waals surface area (Å²) in [5, 5.41) is 0. The molecule has 0 aromatic carbocycles. The van der Waals surface area contributed by atoms with Gasteiger partial charge in [-0.15, -0.1) is 0 Å². The summed E-state index contributed by atoms with van der Waals surface area (Å²) in [7, 11) is 0. The van der Waals surface area contributed by atoms with E-state index in [4.69, 9.17) is 0 Å². The molecule has 2 heterocycles. The molecule has 0 spiro atoms. The zero-order chi connectivity index (χ0) is 9.97. The van der Waals surface area contributed by atoms with E-state index in [1.165, 1.54) is 24.3 Å². The third-order valence-electron chi connectivity index (χ3n) is 2.87. The van der Waals surface area contributed by atoms with Gasteiger partial charge in [0.05, 0.1) is 0 Å². The largest absolute Gasteiger partial charge is 0.294 e. The SMILES string of the molecule is CC1C(Br)CCCN1Cc1ccns1. The second-order valence-corrected chi connectivity index (χ2v) is 5.94. The topological polar surface area (TPSA) is 16.1 Å². The zero-order valence-corrected chi connectivity index (χ0v) is 10.7. The van der Waals surface area contributed by atoms with Gasteiger partial charge in [-0.1, -0.05) is 15.9 Å². The summed E-state index contributed by atoms with van der Waals surface area (Å²) in [4.78, 5) is 4.57. The summed E-state index contributed by atoms with van der Waals surface area (Å²) in [6, 6.07) is 2.76. The Bertz CT molecular complexity index is 276. The van der Waals surface area contributed by atoms with E-state index < -0.39 is 0 Å². The summed E-state index contributed by atoms with van der Waals surface area (Å²) in [6.07, 6.45) is 4.50. The highest BCUT2D eigenvalue weighted by atomic mass is 79.9. The lowest BCUT2D eigenvalue weighted by molar-refractivity contribution is 0.162. The van der Waals surface area contributed by atoms with E-state index in [1.54, 1.807) is 11.5 Å². The number of aromatic nitrogens is 1. The minimum atomic E-state index is 0.644. The number of piperidine rings is 1. The number of nitrogens with zero attached hydrogens (tertiary/aromatic N) is 2. The lowest BCUT2D eigenvalue weighted by Crippen LogP contribution is -2.43. The highest BCUT2D eigenvalue weighted by Gasteiger charge is 2.25. The minimum Gasteiger partial charge on any atom is -0.294 e. The van der Waals surface area contributed by atoms with Crippen LogP contribution >= 0.6 is 27.5 Å². The molecule has 14 heavy (non-hydrogen) atoms. The summed E-state index contributed by atoms with van der Waals surface area (Å²) >= 11 is 5.36. The molecule has 2 nitrogen and oxygen atoms in total. The molecule has 2 atom stereocenters. The van der Waals surface area contributed by atoms with Crippen LogP contribution in [0.5, 0.6) is 0 Å². The van der Waals surface area contributed by atoms with Crippen LogP contribution < -0.4 is 0 Å². The van der Waals surface area contributed by atoms with Crippen LogP contribution in [0.15, 0.2) is 12.3 Å². The number of hydrogen-bond donors (Lipinski definition) is 0. The number of halogens is 1. The molecule has 1 aliphatic heterocycles. The number of hydrogen-bond acceptors (Lipinski definition) is 3. The number of likely N-dealkylation sites (tertiary alicyclic amines) is 1. The monoisotopic (exact) mass is 274 g/mol. The summed E-state index contributed by atoms with van der Waals surface area (Å²) in [6.45, 7) is 4.59. The molecule has 0 radical (unpaired) electrons. The molecule has 1 aromatic heterocycles. The van der Waals surface area contributed by atoms with Crippen molar-refractivity contribution in [2.24, 2.45) is 0 Å². The first-order chi connectivity index (χ1) is 6.77. The molecule has 0 amide bonds. The van der Waals surface area contributed by atoms with Gasteiger partial charge in [0, 0.05) is 28.5 Å². The molecular formula is C10H15BrN2S. The average molecular weight is 275 g/mol. The van der Waals surface area contributed by atoms with Gasteiger partial charge in [-0.3, -0.25) is 4.90 Å². The first-order valence-electron chi connectivity index (χ1n) is 5.05. The van der Waals surface area contributed by atoms with Gasteiger partial charge in [-0.25, -0.2) is 4.37 Å². The van der Waals surface area contributed by atoms with Gasteiger partial charge < -0.3 is 0 Å². The van der Waals surface area contributed by atoms with Gasteiger partial charge in [0.15, 0.2) is 0 Å². The maximum absolute atomic E-state index is 4.14. The quantitative estimate of drug-likeness (QED) is 0.771. The first kappa shape index (κ1) is 10.6. The lowest BCUT2D eigenvalue weighted by Gasteiger charge is -2.36. The predicted molar refractivity (Wildman–Crippen MR) is 63.9 cm³/mol. The fraction of sp³-hybridized carbons (Fsp3) is 0.700. The van der Waals surface area contributed by atoms with E-state index >= 15 is 0 Å². The maximum atomic E-state index is 4.14. The van der Waals surface area contributed by atoms with Crippen LogP contribution in [0.1, 0.15) is 24.6 Å². The van der Waals surface area contributed by atoms with Crippen molar-refractivity contribution in [3.05, 3.63) is 17.1 Å². The van der Waals surface area contributed by atoms with Gasteiger partial charge in [0.1, 0.15) is 0 Å². The molecule has 1 fully saturated rings. The Morgan fingerprint density at radius 1 is 1.71 bits per heavy atom. The third kappa shape index (κ3) is 2.35. The molecule has 0 saturated carbocycles. The second-order valence-electron chi connectivity index (χ2n) is 3.85. The van der Waals surface area contributed by atoms with Crippen LogP contribution in [0.25, 0.3) is 0 Å². The van der Waals surface area contributed by atoms with Crippen LogP contribution in [0.4, 0.5) is 0 Å². The Morgan fingerprint density at radius 3 is 3.29 bits per heavy atom. The van der Waals surface area contributed by atoms with Gasteiger partial charge >= 0.3 is 0 Å². The summed E-state index contributed by atoms with van der Waals surface area (Å²) in [5.74, 6) is 0. The van der Waals surface area contributed by atoms with Gasteiger partial charge in [-0.2, -0.15) is 0 Å². The Balaban J connectivity index is 1.97. The predicted octanol–water partition coefficient (Wildman–Crippen LogP) is 2.89. The van der Waals surface area contributed by atoms with Crippen LogP contribution in [0.2, 0.25) is 0 Å². The highest BCUT2D eigenvalue weighted by Crippen LogP contribution is 2.25. The smallest absolute Gasteiger partial charge is 0.0410 e. The third-order valence-corrected chi connectivity index (χ3v) is 4.82. The van der Waals surface area contributed by atoms with Crippen molar-refractivity contribution < 1.29 is 0 Å². The van der Waals surface area contributed by atoms with Crippen LogP contribution in [0.3, 0.4) is 0 Å². The average Bonchev–Trinajstić information content (AvgIpc) is 2.66. The fourth-order valence-corrected chi connectivity index (χ4v) is 3.17. The van der Waals surface area contributed by atoms with Gasteiger partial charge in [0.2, 0.25) is 0 Å². The van der Waals surface area contributed by atoms with Crippen LogP contribution in [-0.2, 0) is 6.54 Å². The minimum absolute atomic E-state index is 0.644. The normalized spacial score (nSPS) is 29.3. The fourth-order valence-electron chi connectivity index (χ4n) is 1.91. The molecule has 2 unspecified atom stereocenters.